The van der Waals surface area contributed by atoms with E-state index in [-0.39, 0.29) is 27.0 Å². The van der Waals surface area contributed by atoms with Crippen LogP contribution in [0.3, 0.4) is 0 Å². The first-order chi connectivity index (χ1) is 6.37. The molecule has 0 aliphatic heterocycles. The van der Waals surface area contributed by atoms with Crippen molar-refractivity contribution in [3.05, 3.63) is 6.20 Å². The number of carbonyl (C=O) groups excluding carboxylic acids is 1. The zero-order valence-electron chi connectivity index (χ0n) is 6.88. The first-order valence-electron chi connectivity index (χ1n) is 3.36. The van der Waals surface area contributed by atoms with Gasteiger partial charge in [-0.3, -0.25) is 4.79 Å². The van der Waals surface area contributed by atoms with E-state index in [1.165, 1.54) is 6.92 Å². The lowest BCUT2D eigenvalue weighted by molar-refractivity contribution is -0.114. The molecule has 14 heavy (non-hydrogen) atoms. The van der Waals surface area contributed by atoms with Crippen molar-refractivity contribution >= 4 is 34.1 Å². The third-order valence-electron chi connectivity index (χ3n) is 0.984. The number of amides is 1. The molecule has 0 spiro atoms. The van der Waals surface area contributed by atoms with Crippen LogP contribution in [0.4, 0.5) is 18.3 Å². The molecule has 0 atom stereocenters. The fraction of sp³-hybridized carbons (Fsp3) is 0.333. The molecular weight excluding hydrogens is 237 g/mol. The number of alkyl halides is 3. The SMILES string of the molecule is CC(=O)Nc1ncc(SC(F)(F)F)s1. The Hall–Kier alpha value is -0.760. The number of aromatic nitrogens is 1. The Morgan fingerprint density at radius 1 is 1.64 bits per heavy atom. The molecule has 1 heterocycles. The Kier molecular flexibility index (Phi) is 3.38. The average molecular weight is 242 g/mol. The van der Waals surface area contributed by atoms with Gasteiger partial charge in [-0.2, -0.15) is 13.2 Å². The van der Waals surface area contributed by atoms with Crippen molar-refractivity contribution in [2.45, 2.75) is 16.6 Å². The molecule has 0 fully saturated rings. The molecule has 3 nitrogen and oxygen atoms in total. The fourth-order valence-electron chi connectivity index (χ4n) is 0.629. The molecule has 1 N–H and O–H groups in total. The van der Waals surface area contributed by atoms with Crippen molar-refractivity contribution in [1.29, 1.82) is 0 Å². The van der Waals surface area contributed by atoms with E-state index in [1.54, 1.807) is 0 Å². The van der Waals surface area contributed by atoms with Gasteiger partial charge in [-0.25, -0.2) is 4.98 Å². The lowest BCUT2D eigenvalue weighted by atomic mass is 10.7. The third kappa shape index (κ3) is 3.97. The Bertz CT molecular complexity index is 336. The van der Waals surface area contributed by atoms with E-state index in [9.17, 15) is 18.0 Å². The first kappa shape index (κ1) is 11.3. The zero-order valence-corrected chi connectivity index (χ0v) is 8.52. The van der Waals surface area contributed by atoms with Crippen LogP contribution >= 0.6 is 23.1 Å². The van der Waals surface area contributed by atoms with Crippen molar-refractivity contribution in [2.75, 3.05) is 5.32 Å². The number of halogens is 3. The van der Waals surface area contributed by atoms with E-state index in [0.717, 1.165) is 17.5 Å². The average Bonchev–Trinajstić information content (AvgIpc) is 2.30. The molecule has 1 aromatic rings. The number of nitrogens with one attached hydrogen (secondary N) is 1. The number of carbonyl (C=O) groups is 1. The van der Waals surface area contributed by atoms with Crippen molar-refractivity contribution < 1.29 is 18.0 Å². The van der Waals surface area contributed by atoms with Gasteiger partial charge in [0.2, 0.25) is 5.91 Å². The lowest BCUT2D eigenvalue weighted by Gasteiger charge is -2.00. The van der Waals surface area contributed by atoms with E-state index in [0.29, 0.717) is 0 Å². The van der Waals surface area contributed by atoms with E-state index < -0.39 is 5.51 Å². The molecule has 0 bridgehead atoms. The summed E-state index contributed by atoms with van der Waals surface area (Å²) in [5.74, 6) is -0.358. The minimum absolute atomic E-state index is 0.00116. The van der Waals surface area contributed by atoms with Crippen LogP contribution in [0.5, 0.6) is 0 Å². The standard InChI is InChI=1S/C6H5F3N2OS2/c1-3(12)11-5-10-2-4(13-5)14-6(7,8)9/h2H,1H3,(H,10,11,12). The summed E-state index contributed by atoms with van der Waals surface area (Å²) in [6.07, 6.45) is 1.08. The highest BCUT2D eigenvalue weighted by atomic mass is 32.2. The van der Waals surface area contributed by atoms with Gasteiger partial charge in [0.1, 0.15) is 0 Å². The van der Waals surface area contributed by atoms with Gasteiger partial charge >= 0.3 is 5.51 Å². The van der Waals surface area contributed by atoms with Gasteiger partial charge in [0, 0.05) is 6.92 Å². The van der Waals surface area contributed by atoms with Gasteiger partial charge in [-0.05, 0) is 11.8 Å². The highest BCUT2D eigenvalue weighted by molar-refractivity contribution is 8.02. The van der Waals surface area contributed by atoms with Crippen LogP contribution in [0.1, 0.15) is 6.92 Å². The molecule has 1 aromatic heterocycles. The quantitative estimate of drug-likeness (QED) is 0.811. The minimum Gasteiger partial charge on any atom is -0.302 e. The van der Waals surface area contributed by atoms with Gasteiger partial charge in [0.05, 0.1) is 10.4 Å². The number of nitrogens with zero attached hydrogens (tertiary/aromatic N) is 1. The Labute approximate surface area is 85.7 Å². The maximum absolute atomic E-state index is 11.9. The largest absolute Gasteiger partial charge is 0.447 e. The predicted octanol–water partition coefficient (Wildman–Crippen LogP) is 2.71. The van der Waals surface area contributed by atoms with Crippen LogP contribution in [-0.4, -0.2) is 16.4 Å². The minimum atomic E-state index is -4.32. The maximum atomic E-state index is 11.9. The summed E-state index contributed by atoms with van der Waals surface area (Å²) >= 11 is 0.541. The number of rotatable bonds is 2. The van der Waals surface area contributed by atoms with E-state index in [1.807, 2.05) is 0 Å². The van der Waals surface area contributed by atoms with Gasteiger partial charge in [-0.1, -0.05) is 11.3 Å². The summed E-state index contributed by atoms with van der Waals surface area (Å²) in [4.78, 5) is 14.1. The Morgan fingerprint density at radius 2 is 2.29 bits per heavy atom. The molecule has 0 saturated carbocycles. The normalized spacial score (nSPS) is 11.4. The van der Waals surface area contributed by atoms with Crippen LogP contribution in [0, 0.1) is 0 Å². The topological polar surface area (TPSA) is 42.0 Å². The number of thioether (sulfide) groups is 1. The fourth-order valence-corrected chi connectivity index (χ4v) is 2.25. The molecular formula is C6H5F3N2OS2. The summed E-state index contributed by atoms with van der Waals surface area (Å²) in [6.45, 7) is 1.26. The molecule has 0 aromatic carbocycles. The first-order valence-corrected chi connectivity index (χ1v) is 4.99. The molecule has 0 radical (unpaired) electrons. The summed E-state index contributed by atoms with van der Waals surface area (Å²) in [6, 6.07) is 0. The second-order valence-corrected chi connectivity index (χ2v) is 4.61. The van der Waals surface area contributed by atoms with E-state index >= 15 is 0 Å². The van der Waals surface area contributed by atoms with Gasteiger partial charge < -0.3 is 5.32 Å². The number of hydrogen-bond acceptors (Lipinski definition) is 4. The van der Waals surface area contributed by atoms with E-state index in [2.05, 4.69) is 10.3 Å². The van der Waals surface area contributed by atoms with Gasteiger partial charge in [-0.15, -0.1) is 0 Å². The molecule has 0 saturated heterocycles. The molecule has 1 rings (SSSR count). The molecule has 8 heteroatoms. The molecule has 0 aliphatic carbocycles. The molecule has 78 valence electrons. The van der Waals surface area contributed by atoms with Crippen LogP contribution < -0.4 is 5.32 Å². The van der Waals surface area contributed by atoms with Gasteiger partial charge in [0.25, 0.3) is 0 Å². The summed E-state index contributed by atoms with van der Waals surface area (Å²) in [5.41, 5.74) is -4.32. The summed E-state index contributed by atoms with van der Waals surface area (Å²) in [7, 11) is 0. The van der Waals surface area contributed by atoms with Crippen molar-refractivity contribution in [3.63, 3.8) is 0 Å². The van der Waals surface area contributed by atoms with Crippen LogP contribution in [-0.2, 0) is 4.79 Å². The monoisotopic (exact) mass is 242 g/mol. The maximum Gasteiger partial charge on any atom is 0.447 e. The smallest absolute Gasteiger partial charge is 0.302 e. The highest BCUT2D eigenvalue weighted by Gasteiger charge is 2.30. The molecule has 0 aliphatic rings. The second kappa shape index (κ2) is 4.18. The number of thiazole rings is 1. The third-order valence-corrected chi connectivity index (χ3v) is 2.73. The number of anilines is 1. The number of hydrogen-bond donors (Lipinski definition) is 1. The van der Waals surface area contributed by atoms with Crippen LogP contribution in [0.2, 0.25) is 0 Å². The zero-order chi connectivity index (χ0) is 10.8. The van der Waals surface area contributed by atoms with E-state index in [4.69, 9.17) is 0 Å². The Balaban J connectivity index is 2.64. The predicted molar refractivity (Wildman–Crippen MR) is 48.3 cm³/mol. The summed E-state index contributed by atoms with van der Waals surface area (Å²) in [5, 5.41) is 2.47. The van der Waals surface area contributed by atoms with Crippen LogP contribution in [0.15, 0.2) is 10.4 Å². The summed E-state index contributed by atoms with van der Waals surface area (Å²) < 4.78 is 35.6. The van der Waals surface area contributed by atoms with Crippen molar-refractivity contribution in [1.82, 2.24) is 4.98 Å². The Morgan fingerprint density at radius 3 is 2.79 bits per heavy atom. The second-order valence-electron chi connectivity index (χ2n) is 2.21. The molecule has 1 amide bonds. The molecule has 0 unspecified atom stereocenters. The lowest BCUT2D eigenvalue weighted by Crippen LogP contribution is -2.04. The van der Waals surface area contributed by atoms with Crippen LogP contribution in [0.25, 0.3) is 0 Å². The van der Waals surface area contributed by atoms with Gasteiger partial charge in [0.15, 0.2) is 5.13 Å². The highest BCUT2D eigenvalue weighted by Crippen LogP contribution is 2.40. The van der Waals surface area contributed by atoms with Crippen molar-refractivity contribution in [2.24, 2.45) is 0 Å². The van der Waals surface area contributed by atoms with Crippen molar-refractivity contribution in [3.8, 4) is 0 Å².